The van der Waals surface area contributed by atoms with Crippen LogP contribution in [0.2, 0.25) is 0 Å². The van der Waals surface area contributed by atoms with Crippen molar-refractivity contribution in [3.8, 4) is 0 Å². The van der Waals surface area contributed by atoms with Crippen LogP contribution < -0.4 is 15.5 Å². The molecule has 2 aliphatic heterocycles. The number of urea groups is 1. The zero-order valence-electron chi connectivity index (χ0n) is 14.5. The van der Waals surface area contributed by atoms with Crippen LogP contribution in [0.15, 0.2) is 24.3 Å². The maximum absolute atomic E-state index is 13.0. The fourth-order valence-electron chi connectivity index (χ4n) is 3.29. The van der Waals surface area contributed by atoms with E-state index < -0.39 is 0 Å². The first kappa shape index (κ1) is 17.9. The molecule has 25 heavy (non-hydrogen) atoms. The highest BCUT2D eigenvalue weighted by atomic mass is 19.1. The second kappa shape index (κ2) is 9.01. The largest absolute Gasteiger partial charge is 0.381 e. The minimum Gasteiger partial charge on any atom is -0.381 e. The van der Waals surface area contributed by atoms with Crippen molar-refractivity contribution in [3.63, 3.8) is 0 Å². The molecular weight excluding hydrogens is 323 g/mol. The van der Waals surface area contributed by atoms with Crippen molar-refractivity contribution in [1.82, 2.24) is 15.5 Å². The van der Waals surface area contributed by atoms with Crippen LogP contribution in [-0.2, 0) is 4.74 Å². The monoisotopic (exact) mass is 350 g/mol. The Hall–Kier alpha value is -1.86. The highest BCUT2D eigenvalue weighted by molar-refractivity contribution is 5.74. The molecule has 2 N–H and O–H groups in total. The fraction of sp³-hybridized carbons (Fsp3) is 0.611. The van der Waals surface area contributed by atoms with Gasteiger partial charge in [0.15, 0.2) is 0 Å². The summed E-state index contributed by atoms with van der Waals surface area (Å²) in [6, 6.07) is 6.80. The third-order valence-electron chi connectivity index (χ3n) is 4.83. The first-order valence-corrected chi connectivity index (χ1v) is 9.06. The molecule has 2 heterocycles. The number of nitrogens with one attached hydrogen (secondary N) is 2. The molecule has 0 saturated carbocycles. The van der Waals surface area contributed by atoms with E-state index in [9.17, 15) is 9.18 Å². The van der Waals surface area contributed by atoms with Crippen LogP contribution in [0.3, 0.4) is 0 Å². The van der Waals surface area contributed by atoms with Crippen molar-refractivity contribution < 1.29 is 13.9 Å². The molecule has 1 aromatic carbocycles. The van der Waals surface area contributed by atoms with E-state index in [1.807, 2.05) is 12.1 Å². The Bertz CT molecular complexity index is 541. The van der Waals surface area contributed by atoms with Gasteiger partial charge in [-0.1, -0.05) is 0 Å². The Kier molecular flexibility index (Phi) is 6.47. The van der Waals surface area contributed by atoms with Crippen molar-refractivity contribution in [2.24, 2.45) is 0 Å². The molecule has 3 rings (SSSR count). The molecule has 2 amide bonds. The van der Waals surface area contributed by atoms with E-state index in [0.717, 1.165) is 64.5 Å². The lowest BCUT2D eigenvalue weighted by Crippen LogP contribution is -2.50. The van der Waals surface area contributed by atoms with E-state index in [2.05, 4.69) is 20.4 Å². The fourth-order valence-corrected chi connectivity index (χ4v) is 3.29. The lowest BCUT2D eigenvalue weighted by Gasteiger charge is -2.36. The average Bonchev–Trinajstić information content (AvgIpc) is 2.64. The highest BCUT2D eigenvalue weighted by Gasteiger charge is 2.18. The molecule has 2 aliphatic rings. The maximum atomic E-state index is 13.0. The van der Waals surface area contributed by atoms with Crippen molar-refractivity contribution >= 4 is 11.7 Å². The first-order chi connectivity index (χ1) is 12.2. The Labute approximate surface area is 148 Å². The summed E-state index contributed by atoms with van der Waals surface area (Å²) >= 11 is 0. The second-order valence-electron chi connectivity index (χ2n) is 6.59. The van der Waals surface area contributed by atoms with Gasteiger partial charge in [0.1, 0.15) is 5.82 Å². The number of hydrogen-bond acceptors (Lipinski definition) is 4. The van der Waals surface area contributed by atoms with E-state index in [4.69, 9.17) is 4.74 Å². The predicted molar refractivity (Wildman–Crippen MR) is 95.4 cm³/mol. The van der Waals surface area contributed by atoms with Crippen molar-refractivity contribution in [3.05, 3.63) is 30.1 Å². The normalized spacial score (nSPS) is 19.6. The van der Waals surface area contributed by atoms with Gasteiger partial charge in [-0.05, 0) is 37.1 Å². The van der Waals surface area contributed by atoms with Crippen LogP contribution in [0.1, 0.15) is 12.8 Å². The number of carbonyl (C=O) groups is 1. The summed E-state index contributed by atoms with van der Waals surface area (Å²) in [5.41, 5.74) is 1.06. The Balaban J connectivity index is 1.31. The summed E-state index contributed by atoms with van der Waals surface area (Å²) < 4.78 is 18.3. The third kappa shape index (κ3) is 5.57. The molecule has 0 spiro atoms. The Morgan fingerprint density at radius 3 is 2.48 bits per heavy atom. The lowest BCUT2D eigenvalue weighted by molar-refractivity contribution is 0.0800. The molecule has 7 heteroatoms. The quantitative estimate of drug-likeness (QED) is 0.843. The van der Waals surface area contributed by atoms with Crippen LogP contribution in [0, 0.1) is 5.82 Å². The molecule has 0 radical (unpaired) electrons. The summed E-state index contributed by atoms with van der Waals surface area (Å²) in [5, 5.41) is 5.94. The van der Waals surface area contributed by atoms with Crippen molar-refractivity contribution in [1.29, 1.82) is 0 Å². The van der Waals surface area contributed by atoms with Gasteiger partial charge in [-0.2, -0.15) is 0 Å². The molecule has 0 aliphatic carbocycles. The zero-order chi connectivity index (χ0) is 17.5. The summed E-state index contributed by atoms with van der Waals surface area (Å²) in [7, 11) is 0. The van der Waals surface area contributed by atoms with Crippen molar-refractivity contribution in [2.75, 3.05) is 57.4 Å². The van der Waals surface area contributed by atoms with Crippen molar-refractivity contribution in [2.45, 2.75) is 18.9 Å². The number of halogens is 1. The third-order valence-corrected chi connectivity index (χ3v) is 4.83. The number of hydrogen-bond donors (Lipinski definition) is 2. The molecule has 2 fully saturated rings. The number of piperazine rings is 1. The lowest BCUT2D eigenvalue weighted by atomic mass is 10.1. The van der Waals surface area contributed by atoms with Crippen LogP contribution in [-0.4, -0.2) is 69.5 Å². The molecule has 0 unspecified atom stereocenters. The Morgan fingerprint density at radius 2 is 1.80 bits per heavy atom. The number of rotatable bonds is 5. The minimum atomic E-state index is -0.201. The molecule has 0 aromatic heterocycles. The maximum Gasteiger partial charge on any atom is 0.315 e. The molecular formula is C18H27FN4O2. The number of nitrogens with zero attached hydrogens (tertiary/aromatic N) is 2. The van der Waals surface area contributed by atoms with E-state index in [1.165, 1.54) is 12.1 Å². The topological polar surface area (TPSA) is 56.8 Å². The Morgan fingerprint density at radius 1 is 1.12 bits per heavy atom. The van der Waals surface area contributed by atoms with Gasteiger partial charge < -0.3 is 20.3 Å². The van der Waals surface area contributed by atoms with Gasteiger partial charge in [0, 0.05) is 64.2 Å². The summed E-state index contributed by atoms with van der Waals surface area (Å²) in [4.78, 5) is 16.5. The van der Waals surface area contributed by atoms with E-state index in [0.29, 0.717) is 6.54 Å². The standard InChI is InChI=1S/C18H27FN4O2/c19-15-1-3-17(4-2-15)23-11-9-22(10-12-23)8-7-20-18(24)21-16-5-13-25-14-6-16/h1-4,16H,5-14H2,(H2,20,21,24). The van der Waals surface area contributed by atoms with Gasteiger partial charge in [0.2, 0.25) is 0 Å². The number of amides is 2. The SMILES string of the molecule is O=C(NCCN1CCN(c2ccc(F)cc2)CC1)NC1CCOCC1. The smallest absolute Gasteiger partial charge is 0.315 e. The van der Waals surface area contributed by atoms with E-state index in [1.54, 1.807) is 0 Å². The van der Waals surface area contributed by atoms with Gasteiger partial charge in [-0.25, -0.2) is 9.18 Å². The van der Waals surface area contributed by atoms with Gasteiger partial charge in [0.05, 0.1) is 0 Å². The number of benzene rings is 1. The summed E-state index contributed by atoms with van der Waals surface area (Å²) in [5.74, 6) is -0.201. The molecule has 1 aromatic rings. The zero-order valence-corrected chi connectivity index (χ0v) is 14.5. The van der Waals surface area contributed by atoms with Crippen LogP contribution in [0.4, 0.5) is 14.9 Å². The molecule has 0 bridgehead atoms. The molecule has 6 nitrogen and oxygen atoms in total. The number of anilines is 1. The molecule has 2 saturated heterocycles. The highest BCUT2D eigenvalue weighted by Crippen LogP contribution is 2.16. The second-order valence-corrected chi connectivity index (χ2v) is 6.59. The van der Waals surface area contributed by atoms with E-state index >= 15 is 0 Å². The van der Waals surface area contributed by atoms with Gasteiger partial charge in [-0.3, -0.25) is 4.90 Å². The van der Waals surface area contributed by atoms with Gasteiger partial charge in [-0.15, -0.1) is 0 Å². The van der Waals surface area contributed by atoms with Crippen LogP contribution in [0.25, 0.3) is 0 Å². The van der Waals surface area contributed by atoms with Gasteiger partial charge >= 0.3 is 6.03 Å². The minimum absolute atomic E-state index is 0.0863. The summed E-state index contributed by atoms with van der Waals surface area (Å²) in [6.07, 6.45) is 1.78. The first-order valence-electron chi connectivity index (χ1n) is 9.06. The number of ether oxygens (including phenoxy) is 1. The summed E-state index contributed by atoms with van der Waals surface area (Å²) in [6.45, 7) is 6.66. The number of carbonyl (C=O) groups excluding carboxylic acids is 1. The van der Waals surface area contributed by atoms with Crippen LogP contribution in [0.5, 0.6) is 0 Å². The molecule has 0 atom stereocenters. The average molecular weight is 350 g/mol. The molecule has 138 valence electrons. The van der Waals surface area contributed by atoms with E-state index in [-0.39, 0.29) is 17.9 Å². The van der Waals surface area contributed by atoms with Gasteiger partial charge in [0.25, 0.3) is 0 Å². The van der Waals surface area contributed by atoms with Crippen LogP contribution >= 0.6 is 0 Å². The predicted octanol–water partition coefficient (Wildman–Crippen LogP) is 1.43.